The highest BCUT2D eigenvalue weighted by molar-refractivity contribution is 5.85. The highest BCUT2D eigenvalue weighted by Gasteiger charge is 2.36. The predicted octanol–water partition coefficient (Wildman–Crippen LogP) is 2.20. The van der Waals surface area contributed by atoms with E-state index in [4.69, 9.17) is 10.5 Å². The van der Waals surface area contributed by atoms with Crippen LogP contribution in [0.25, 0.3) is 0 Å². The largest absolute Gasteiger partial charge is 0.376 e. The van der Waals surface area contributed by atoms with Gasteiger partial charge in [0.05, 0.1) is 11.5 Å². The number of carbonyl (C=O) groups excluding carboxylic acids is 1. The predicted molar refractivity (Wildman–Crippen MR) is 80.5 cm³/mol. The monoisotopic (exact) mass is 292 g/mol. The molecule has 1 atom stereocenters. The van der Waals surface area contributed by atoms with Crippen molar-refractivity contribution < 1.29 is 9.53 Å². The lowest BCUT2D eigenvalue weighted by Gasteiger charge is -2.35. The molecule has 1 aliphatic heterocycles. The molecule has 0 radical (unpaired) electrons. The Hall–Kier alpha value is -0.320. The highest BCUT2D eigenvalue weighted by Crippen LogP contribution is 2.27. The zero-order valence-corrected chi connectivity index (χ0v) is 13.3. The Morgan fingerprint density at radius 2 is 2.00 bits per heavy atom. The summed E-state index contributed by atoms with van der Waals surface area (Å²) in [5, 5.41) is 0. The van der Waals surface area contributed by atoms with Crippen molar-refractivity contribution in [3.05, 3.63) is 0 Å². The van der Waals surface area contributed by atoms with Crippen LogP contribution in [0.2, 0.25) is 0 Å². The Labute approximate surface area is 123 Å². The van der Waals surface area contributed by atoms with Crippen LogP contribution in [0.3, 0.4) is 0 Å². The van der Waals surface area contributed by atoms with E-state index in [0.29, 0.717) is 13.1 Å². The molecule has 0 saturated carbocycles. The lowest BCUT2D eigenvalue weighted by atomic mass is 9.81. The summed E-state index contributed by atoms with van der Waals surface area (Å²) in [7, 11) is 1.87. The molecular weight excluding hydrogens is 264 g/mol. The second-order valence-corrected chi connectivity index (χ2v) is 5.37. The van der Waals surface area contributed by atoms with Crippen molar-refractivity contribution in [2.24, 2.45) is 11.1 Å². The fourth-order valence-electron chi connectivity index (χ4n) is 2.67. The third kappa shape index (κ3) is 4.62. The zero-order valence-electron chi connectivity index (χ0n) is 12.5. The first-order valence-corrected chi connectivity index (χ1v) is 7.17. The van der Waals surface area contributed by atoms with Gasteiger partial charge in [-0.2, -0.15) is 0 Å². The second kappa shape index (κ2) is 8.77. The third-order valence-electron chi connectivity index (χ3n) is 4.30. The first-order chi connectivity index (χ1) is 8.59. The lowest BCUT2D eigenvalue weighted by Crippen LogP contribution is -2.48. The van der Waals surface area contributed by atoms with Gasteiger partial charge in [0.25, 0.3) is 0 Å². The number of amides is 1. The summed E-state index contributed by atoms with van der Waals surface area (Å²) in [4.78, 5) is 14.3. The van der Waals surface area contributed by atoms with Crippen molar-refractivity contribution in [3.63, 3.8) is 0 Å². The van der Waals surface area contributed by atoms with E-state index in [-0.39, 0.29) is 29.8 Å². The van der Waals surface area contributed by atoms with Gasteiger partial charge in [-0.15, -0.1) is 12.4 Å². The van der Waals surface area contributed by atoms with E-state index >= 15 is 0 Å². The van der Waals surface area contributed by atoms with Gasteiger partial charge < -0.3 is 15.4 Å². The van der Waals surface area contributed by atoms with E-state index in [0.717, 1.165) is 32.3 Å². The molecule has 114 valence electrons. The third-order valence-corrected chi connectivity index (χ3v) is 4.30. The summed E-state index contributed by atoms with van der Waals surface area (Å²) in [6.45, 7) is 6.03. The molecular formula is C14H29ClN2O2. The number of nitrogens with two attached hydrogens (primary N) is 1. The molecule has 4 nitrogen and oxygen atoms in total. The first-order valence-electron chi connectivity index (χ1n) is 7.17. The van der Waals surface area contributed by atoms with Crippen molar-refractivity contribution in [1.82, 2.24) is 4.90 Å². The van der Waals surface area contributed by atoms with Crippen molar-refractivity contribution in [3.8, 4) is 0 Å². The molecule has 0 spiro atoms. The number of hydrogen-bond acceptors (Lipinski definition) is 3. The van der Waals surface area contributed by atoms with Crippen molar-refractivity contribution in [2.45, 2.75) is 52.1 Å². The standard InChI is InChI=1S/C14H28N2O2.ClH/c1-4-14(5-2,11-15)13(17)16(3)10-12-8-6-7-9-18-12;/h12H,4-11,15H2,1-3H3;1H. The van der Waals surface area contributed by atoms with E-state index in [1.807, 2.05) is 25.8 Å². The molecule has 1 rings (SSSR count). The normalized spacial score (nSPS) is 19.7. The Kier molecular flexibility index (Phi) is 8.62. The van der Waals surface area contributed by atoms with Crippen LogP contribution in [-0.4, -0.2) is 43.7 Å². The molecule has 0 aromatic rings. The van der Waals surface area contributed by atoms with Gasteiger partial charge in [0.15, 0.2) is 0 Å². The number of nitrogens with zero attached hydrogens (tertiary/aromatic N) is 1. The number of ether oxygens (including phenoxy) is 1. The molecule has 1 fully saturated rings. The van der Waals surface area contributed by atoms with Crippen LogP contribution < -0.4 is 5.73 Å². The SMILES string of the molecule is CCC(CC)(CN)C(=O)N(C)CC1CCCCO1.Cl. The van der Waals surface area contributed by atoms with Crippen LogP contribution in [0, 0.1) is 5.41 Å². The molecule has 0 aliphatic carbocycles. The van der Waals surface area contributed by atoms with Crippen LogP contribution in [-0.2, 0) is 9.53 Å². The molecule has 0 aromatic carbocycles. The van der Waals surface area contributed by atoms with E-state index in [1.54, 1.807) is 0 Å². The summed E-state index contributed by atoms with van der Waals surface area (Å²) < 4.78 is 5.69. The van der Waals surface area contributed by atoms with E-state index in [1.165, 1.54) is 6.42 Å². The van der Waals surface area contributed by atoms with Crippen molar-refractivity contribution in [2.75, 3.05) is 26.7 Å². The van der Waals surface area contributed by atoms with Crippen LogP contribution >= 0.6 is 12.4 Å². The van der Waals surface area contributed by atoms with E-state index in [2.05, 4.69) is 0 Å². The molecule has 19 heavy (non-hydrogen) atoms. The molecule has 1 unspecified atom stereocenters. The van der Waals surface area contributed by atoms with Crippen LogP contribution in [0.1, 0.15) is 46.0 Å². The molecule has 0 bridgehead atoms. The van der Waals surface area contributed by atoms with Gasteiger partial charge in [0.1, 0.15) is 0 Å². The Bertz CT molecular complexity index is 256. The summed E-state index contributed by atoms with van der Waals surface area (Å²) in [6, 6.07) is 0. The van der Waals surface area contributed by atoms with Crippen LogP contribution in [0.15, 0.2) is 0 Å². The number of hydrogen-bond donors (Lipinski definition) is 1. The Balaban J connectivity index is 0.00000324. The minimum atomic E-state index is -0.385. The summed E-state index contributed by atoms with van der Waals surface area (Å²) in [5.74, 6) is 0.171. The number of carbonyl (C=O) groups is 1. The maximum Gasteiger partial charge on any atom is 0.229 e. The minimum Gasteiger partial charge on any atom is -0.376 e. The topological polar surface area (TPSA) is 55.6 Å². The lowest BCUT2D eigenvalue weighted by molar-refractivity contribution is -0.143. The zero-order chi connectivity index (χ0) is 13.6. The van der Waals surface area contributed by atoms with Gasteiger partial charge in [-0.1, -0.05) is 13.8 Å². The molecule has 1 saturated heterocycles. The van der Waals surface area contributed by atoms with E-state index < -0.39 is 0 Å². The fraction of sp³-hybridized carbons (Fsp3) is 0.929. The smallest absolute Gasteiger partial charge is 0.229 e. The second-order valence-electron chi connectivity index (χ2n) is 5.37. The van der Waals surface area contributed by atoms with Crippen LogP contribution in [0.4, 0.5) is 0 Å². The number of halogens is 1. The first kappa shape index (κ1) is 18.7. The van der Waals surface area contributed by atoms with Crippen molar-refractivity contribution in [1.29, 1.82) is 0 Å². The van der Waals surface area contributed by atoms with Gasteiger partial charge in [-0.25, -0.2) is 0 Å². The number of rotatable bonds is 6. The maximum absolute atomic E-state index is 12.5. The minimum absolute atomic E-state index is 0. The summed E-state index contributed by atoms with van der Waals surface area (Å²) in [6.07, 6.45) is 5.22. The summed E-state index contributed by atoms with van der Waals surface area (Å²) in [5.41, 5.74) is 5.44. The molecule has 1 aliphatic rings. The van der Waals surface area contributed by atoms with E-state index in [9.17, 15) is 4.79 Å². The summed E-state index contributed by atoms with van der Waals surface area (Å²) >= 11 is 0. The van der Waals surface area contributed by atoms with Crippen LogP contribution in [0.5, 0.6) is 0 Å². The quantitative estimate of drug-likeness (QED) is 0.816. The molecule has 1 heterocycles. The van der Waals surface area contributed by atoms with Gasteiger partial charge in [0.2, 0.25) is 5.91 Å². The fourth-order valence-corrected chi connectivity index (χ4v) is 2.67. The number of likely N-dealkylation sites (N-methyl/N-ethyl adjacent to an activating group) is 1. The van der Waals surface area contributed by atoms with Gasteiger partial charge >= 0.3 is 0 Å². The maximum atomic E-state index is 12.5. The molecule has 0 aromatic heterocycles. The average Bonchev–Trinajstić information content (AvgIpc) is 2.42. The Morgan fingerprint density at radius 3 is 2.42 bits per heavy atom. The van der Waals surface area contributed by atoms with Gasteiger partial charge in [-0.3, -0.25) is 4.79 Å². The van der Waals surface area contributed by atoms with Gasteiger partial charge in [0, 0.05) is 26.7 Å². The molecule has 2 N–H and O–H groups in total. The molecule has 5 heteroatoms. The Morgan fingerprint density at radius 1 is 1.37 bits per heavy atom. The van der Waals surface area contributed by atoms with Crippen molar-refractivity contribution >= 4 is 18.3 Å². The highest BCUT2D eigenvalue weighted by atomic mass is 35.5. The van der Waals surface area contributed by atoms with Gasteiger partial charge in [-0.05, 0) is 32.1 Å². The average molecular weight is 293 g/mol. The molecule has 1 amide bonds.